The van der Waals surface area contributed by atoms with Crippen molar-refractivity contribution in [2.75, 3.05) is 19.6 Å². The third-order valence-electron chi connectivity index (χ3n) is 6.96. The van der Waals surface area contributed by atoms with Crippen LogP contribution in [0.15, 0.2) is 60.8 Å². The zero-order valence-corrected chi connectivity index (χ0v) is 17.3. The van der Waals surface area contributed by atoms with Crippen LogP contribution in [-0.4, -0.2) is 63.2 Å². The summed E-state index contributed by atoms with van der Waals surface area (Å²) in [6.07, 6.45) is 2.44. The van der Waals surface area contributed by atoms with Gasteiger partial charge in [-0.1, -0.05) is 48.5 Å². The predicted molar refractivity (Wildman–Crippen MR) is 117 cm³/mol. The number of fused-ring (bicyclic) bond motifs is 4. The summed E-state index contributed by atoms with van der Waals surface area (Å²) in [5.74, 6) is 0.186. The zero-order valence-electron chi connectivity index (χ0n) is 17.3. The molecule has 0 saturated carbocycles. The molecule has 6 rings (SSSR count). The van der Waals surface area contributed by atoms with E-state index in [2.05, 4.69) is 46.3 Å². The SMILES string of the molecule is O=C1C2Cc3ccccc3CN2C(=O)C2CN(Cc3cccc4cccnc34)CCN12. The van der Waals surface area contributed by atoms with Crippen LogP contribution in [0.4, 0.5) is 0 Å². The summed E-state index contributed by atoms with van der Waals surface area (Å²) in [7, 11) is 0. The smallest absolute Gasteiger partial charge is 0.247 e. The molecule has 0 N–H and O–H groups in total. The summed E-state index contributed by atoms with van der Waals surface area (Å²) >= 11 is 0. The van der Waals surface area contributed by atoms with E-state index >= 15 is 0 Å². The molecule has 0 radical (unpaired) electrons. The number of rotatable bonds is 2. The Hall–Kier alpha value is -3.25. The Kier molecular flexibility index (Phi) is 4.28. The van der Waals surface area contributed by atoms with Crippen molar-refractivity contribution in [1.82, 2.24) is 19.7 Å². The van der Waals surface area contributed by atoms with Gasteiger partial charge in [-0.25, -0.2) is 0 Å². The lowest BCUT2D eigenvalue weighted by Gasteiger charge is -2.50. The Morgan fingerprint density at radius 2 is 1.65 bits per heavy atom. The maximum atomic E-state index is 13.5. The van der Waals surface area contributed by atoms with Crippen LogP contribution < -0.4 is 0 Å². The molecular formula is C25H24N4O2. The first-order chi connectivity index (χ1) is 15.2. The number of piperazine rings is 2. The van der Waals surface area contributed by atoms with Gasteiger partial charge in [0.2, 0.25) is 11.8 Å². The van der Waals surface area contributed by atoms with Gasteiger partial charge in [0.15, 0.2) is 0 Å². The van der Waals surface area contributed by atoms with Crippen LogP contribution in [-0.2, 0) is 29.1 Å². The second-order valence-electron chi connectivity index (χ2n) is 8.73. The summed E-state index contributed by atoms with van der Waals surface area (Å²) in [4.78, 5) is 37.2. The maximum absolute atomic E-state index is 13.5. The quantitative estimate of drug-likeness (QED) is 0.648. The van der Waals surface area contributed by atoms with Crippen LogP contribution in [0, 0.1) is 0 Å². The van der Waals surface area contributed by atoms with E-state index in [-0.39, 0.29) is 17.9 Å². The lowest BCUT2D eigenvalue weighted by Crippen LogP contribution is -2.70. The number of carbonyl (C=O) groups is 2. The Labute approximate surface area is 181 Å². The standard InChI is InChI=1S/C25H24N4O2/c30-24-21-13-18-5-1-2-6-19(18)15-29(21)25(31)22-16-27(11-12-28(22)24)14-20-8-3-7-17-9-4-10-26-23(17)20/h1-10,21-22H,11-16H2. The fourth-order valence-corrected chi connectivity index (χ4v) is 5.35. The van der Waals surface area contributed by atoms with E-state index in [1.54, 1.807) is 0 Å². The number of para-hydroxylation sites is 1. The van der Waals surface area contributed by atoms with Gasteiger partial charge in [0, 0.05) is 50.7 Å². The molecule has 2 aromatic carbocycles. The van der Waals surface area contributed by atoms with Crippen LogP contribution in [0.1, 0.15) is 16.7 Å². The minimum atomic E-state index is -0.398. The highest BCUT2D eigenvalue weighted by Gasteiger charge is 2.49. The lowest BCUT2D eigenvalue weighted by atomic mass is 9.89. The van der Waals surface area contributed by atoms with Crippen LogP contribution in [0.5, 0.6) is 0 Å². The number of pyridine rings is 1. The molecule has 2 atom stereocenters. The molecule has 2 unspecified atom stereocenters. The molecule has 0 aliphatic carbocycles. The van der Waals surface area contributed by atoms with Crippen molar-refractivity contribution in [2.24, 2.45) is 0 Å². The molecule has 6 heteroatoms. The number of nitrogens with zero attached hydrogens (tertiary/aromatic N) is 4. The van der Waals surface area contributed by atoms with E-state index in [0.717, 1.165) is 35.1 Å². The largest absolute Gasteiger partial charge is 0.326 e. The highest BCUT2D eigenvalue weighted by atomic mass is 16.2. The molecule has 1 aromatic heterocycles. The summed E-state index contributed by atoms with van der Waals surface area (Å²) in [5, 5.41) is 1.12. The van der Waals surface area contributed by atoms with Gasteiger partial charge in [-0.2, -0.15) is 0 Å². The van der Waals surface area contributed by atoms with E-state index in [4.69, 9.17) is 0 Å². The number of hydrogen-bond donors (Lipinski definition) is 0. The molecule has 2 fully saturated rings. The number of amides is 2. The second-order valence-corrected chi connectivity index (χ2v) is 8.73. The van der Waals surface area contributed by atoms with E-state index in [1.165, 1.54) is 5.56 Å². The number of carbonyl (C=O) groups excluding carboxylic acids is 2. The Bertz CT molecular complexity index is 1190. The minimum absolute atomic E-state index is 0.0832. The van der Waals surface area contributed by atoms with Gasteiger partial charge in [-0.05, 0) is 22.8 Å². The Balaban J connectivity index is 1.25. The van der Waals surface area contributed by atoms with Gasteiger partial charge >= 0.3 is 0 Å². The van der Waals surface area contributed by atoms with Crippen LogP contribution >= 0.6 is 0 Å². The average molecular weight is 412 g/mol. The molecule has 3 aliphatic heterocycles. The third-order valence-corrected chi connectivity index (χ3v) is 6.96. The molecule has 0 bridgehead atoms. The van der Waals surface area contributed by atoms with Crippen molar-refractivity contribution in [3.63, 3.8) is 0 Å². The Morgan fingerprint density at radius 3 is 2.55 bits per heavy atom. The van der Waals surface area contributed by atoms with Crippen molar-refractivity contribution in [3.05, 3.63) is 77.5 Å². The van der Waals surface area contributed by atoms with Crippen molar-refractivity contribution in [2.45, 2.75) is 31.6 Å². The minimum Gasteiger partial charge on any atom is -0.326 e. The fourth-order valence-electron chi connectivity index (χ4n) is 5.35. The van der Waals surface area contributed by atoms with E-state index < -0.39 is 6.04 Å². The molecule has 6 nitrogen and oxygen atoms in total. The highest BCUT2D eigenvalue weighted by molar-refractivity contribution is 5.98. The number of aromatic nitrogens is 1. The molecular weight excluding hydrogens is 388 g/mol. The maximum Gasteiger partial charge on any atom is 0.247 e. The van der Waals surface area contributed by atoms with Crippen LogP contribution in [0.2, 0.25) is 0 Å². The van der Waals surface area contributed by atoms with Crippen molar-refractivity contribution in [3.8, 4) is 0 Å². The van der Waals surface area contributed by atoms with E-state index in [1.807, 2.05) is 34.2 Å². The molecule has 31 heavy (non-hydrogen) atoms. The summed E-state index contributed by atoms with van der Waals surface area (Å²) in [5.41, 5.74) is 4.50. The Morgan fingerprint density at radius 1 is 0.839 bits per heavy atom. The third kappa shape index (κ3) is 3.01. The summed E-state index contributed by atoms with van der Waals surface area (Å²) in [6, 6.07) is 17.7. The first-order valence-corrected chi connectivity index (χ1v) is 10.9. The molecule has 2 amide bonds. The first kappa shape index (κ1) is 18.5. The molecule has 4 heterocycles. The van der Waals surface area contributed by atoms with Gasteiger partial charge < -0.3 is 9.80 Å². The van der Waals surface area contributed by atoms with E-state index in [9.17, 15) is 9.59 Å². The van der Waals surface area contributed by atoms with Gasteiger partial charge in [0.1, 0.15) is 12.1 Å². The van der Waals surface area contributed by atoms with Gasteiger partial charge in [-0.3, -0.25) is 19.5 Å². The lowest BCUT2D eigenvalue weighted by molar-refractivity contribution is -0.167. The van der Waals surface area contributed by atoms with Crippen LogP contribution in [0.3, 0.4) is 0 Å². The molecule has 2 saturated heterocycles. The first-order valence-electron chi connectivity index (χ1n) is 10.9. The molecule has 156 valence electrons. The van der Waals surface area contributed by atoms with Gasteiger partial charge in [0.25, 0.3) is 0 Å². The van der Waals surface area contributed by atoms with Crippen molar-refractivity contribution >= 4 is 22.7 Å². The molecule has 0 spiro atoms. The van der Waals surface area contributed by atoms with Crippen LogP contribution in [0.25, 0.3) is 10.9 Å². The second kappa shape index (κ2) is 7.17. The number of benzene rings is 2. The van der Waals surface area contributed by atoms with Crippen molar-refractivity contribution < 1.29 is 9.59 Å². The predicted octanol–water partition coefficient (Wildman–Crippen LogP) is 2.21. The molecule has 3 aliphatic rings. The topological polar surface area (TPSA) is 56.8 Å². The van der Waals surface area contributed by atoms with Crippen molar-refractivity contribution in [1.29, 1.82) is 0 Å². The summed E-state index contributed by atoms with van der Waals surface area (Å²) in [6.45, 7) is 3.19. The summed E-state index contributed by atoms with van der Waals surface area (Å²) < 4.78 is 0. The molecule has 3 aromatic rings. The van der Waals surface area contributed by atoms with Gasteiger partial charge in [0.05, 0.1) is 5.52 Å². The zero-order chi connectivity index (χ0) is 20.9. The normalized spacial score (nSPS) is 23.5. The number of hydrogen-bond acceptors (Lipinski definition) is 4. The monoisotopic (exact) mass is 412 g/mol. The van der Waals surface area contributed by atoms with E-state index in [0.29, 0.717) is 26.1 Å². The average Bonchev–Trinajstić information content (AvgIpc) is 2.82. The van der Waals surface area contributed by atoms with Gasteiger partial charge in [-0.15, -0.1) is 0 Å². The fraction of sp³-hybridized carbons (Fsp3) is 0.320. The highest BCUT2D eigenvalue weighted by Crippen LogP contribution is 2.31.